The zero-order chi connectivity index (χ0) is 6.97. The van der Waals surface area contributed by atoms with E-state index in [4.69, 9.17) is 0 Å². The highest BCUT2D eigenvalue weighted by Gasteiger charge is 2.26. The van der Waals surface area contributed by atoms with Crippen LogP contribution >= 0.6 is 0 Å². The summed E-state index contributed by atoms with van der Waals surface area (Å²) in [4.78, 5) is 6.89. The van der Waals surface area contributed by atoms with Crippen LogP contribution in [0.4, 0.5) is 0 Å². The summed E-state index contributed by atoms with van der Waals surface area (Å²) in [5.41, 5.74) is 0. The van der Waals surface area contributed by atoms with Gasteiger partial charge in [-0.3, -0.25) is 4.99 Å². The summed E-state index contributed by atoms with van der Waals surface area (Å²) in [6, 6.07) is 0.772. The highest BCUT2D eigenvalue weighted by Crippen LogP contribution is 2.21. The molecule has 0 radical (unpaired) electrons. The molecule has 10 heavy (non-hydrogen) atoms. The van der Waals surface area contributed by atoms with Gasteiger partial charge >= 0.3 is 0 Å². The van der Waals surface area contributed by atoms with Crippen LogP contribution in [0.2, 0.25) is 0 Å². The quantitative estimate of drug-likeness (QED) is 0.492. The van der Waals surface area contributed by atoms with Crippen LogP contribution in [-0.2, 0) is 0 Å². The van der Waals surface area contributed by atoms with E-state index in [1.54, 1.807) is 0 Å². The van der Waals surface area contributed by atoms with Crippen LogP contribution in [0.25, 0.3) is 0 Å². The first-order valence-corrected chi connectivity index (χ1v) is 4.15. The Balaban J connectivity index is 2.08. The van der Waals surface area contributed by atoms with Gasteiger partial charge in [0.05, 0.1) is 12.4 Å². The minimum Gasteiger partial charge on any atom is -0.356 e. The van der Waals surface area contributed by atoms with Gasteiger partial charge in [0.2, 0.25) is 0 Å². The standard InChI is InChI=1S/C8H14N2/c1-7-9-6-8-4-2-3-5-10(7)8/h8H,2-6H2,1H3. The van der Waals surface area contributed by atoms with Crippen LogP contribution in [0.1, 0.15) is 26.2 Å². The van der Waals surface area contributed by atoms with Crippen molar-refractivity contribution in [1.82, 2.24) is 4.90 Å². The van der Waals surface area contributed by atoms with Crippen LogP contribution in [-0.4, -0.2) is 29.9 Å². The fourth-order valence-electron chi connectivity index (χ4n) is 1.94. The molecule has 0 aromatic rings. The van der Waals surface area contributed by atoms with Crippen molar-refractivity contribution in [3.05, 3.63) is 0 Å². The molecular weight excluding hydrogens is 124 g/mol. The minimum absolute atomic E-state index is 0.772. The molecule has 2 heteroatoms. The Morgan fingerprint density at radius 2 is 2.40 bits per heavy atom. The van der Waals surface area contributed by atoms with E-state index in [0.29, 0.717) is 0 Å². The van der Waals surface area contributed by atoms with Crippen molar-refractivity contribution in [2.45, 2.75) is 32.2 Å². The molecule has 0 aromatic carbocycles. The summed E-state index contributed by atoms with van der Waals surface area (Å²) in [5, 5.41) is 0. The van der Waals surface area contributed by atoms with Crippen molar-refractivity contribution in [2.24, 2.45) is 4.99 Å². The molecule has 1 atom stereocenters. The summed E-state index contributed by atoms with van der Waals surface area (Å²) in [6.07, 6.45) is 4.13. The number of fused-ring (bicyclic) bond motifs is 1. The Kier molecular flexibility index (Phi) is 1.40. The average molecular weight is 138 g/mol. The second kappa shape index (κ2) is 2.26. The maximum atomic E-state index is 4.42. The van der Waals surface area contributed by atoms with Crippen molar-refractivity contribution in [3.8, 4) is 0 Å². The van der Waals surface area contributed by atoms with E-state index in [2.05, 4.69) is 16.8 Å². The molecule has 1 saturated heterocycles. The number of aliphatic imine (C=N–C) groups is 1. The summed E-state index contributed by atoms with van der Waals surface area (Å²) in [7, 11) is 0. The van der Waals surface area contributed by atoms with E-state index in [0.717, 1.165) is 12.6 Å². The fraction of sp³-hybridized carbons (Fsp3) is 0.875. The van der Waals surface area contributed by atoms with Gasteiger partial charge in [0.25, 0.3) is 0 Å². The molecule has 2 nitrogen and oxygen atoms in total. The molecule has 0 N–H and O–H groups in total. The molecule has 2 aliphatic heterocycles. The Morgan fingerprint density at radius 3 is 3.20 bits per heavy atom. The lowest BCUT2D eigenvalue weighted by Crippen LogP contribution is -2.39. The van der Waals surface area contributed by atoms with E-state index in [1.807, 2.05) is 0 Å². The number of nitrogens with zero attached hydrogens (tertiary/aromatic N) is 2. The highest BCUT2D eigenvalue weighted by molar-refractivity contribution is 5.81. The van der Waals surface area contributed by atoms with E-state index in [9.17, 15) is 0 Å². The molecule has 0 aromatic heterocycles. The fourth-order valence-corrected chi connectivity index (χ4v) is 1.94. The van der Waals surface area contributed by atoms with Crippen molar-refractivity contribution in [1.29, 1.82) is 0 Å². The number of amidine groups is 1. The van der Waals surface area contributed by atoms with Crippen molar-refractivity contribution < 1.29 is 0 Å². The third-order valence-corrected chi connectivity index (χ3v) is 2.57. The normalized spacial score (nSPS) is 31.9. The maximum Gasteiger partial charge on any atom is 0.0961 e. The van der Waals surface area contributed by atoms with Crippen molar-refractivity contribution in [3.63, 3.8) is 0 Å². The molecule has 0 spiro atoms. The molecular formula is C8H14N2. The SMILES string of the molecule is CC1=NCC2CCCCN12. The largest absolute Gasteiger partial charge is 0.356 e. The molecule has 1 unspecified atom stereocenters. The second-order valence-electron chi connectivity index (χ2n) is 3.23. The zero-order valence-electron chi connectivity index (χ0n) is 6.51. The molecule has 2 rings (SSSR count). The lowest BCUT2D eigenvalue weighted by atomic mass is 10.0. The first kappa shape index (κ1) is 6.20. The van der Waals surface area contributed by atoms with Gasteiger partial charge in [-0.2, -0.15) is 0 Å². The minimum atomic E-state index is 0.772. The predicted octanol–water partition coefficient (Wildman–Crippen LogP) is 1.27. The molecule has 0 bridgehead atoms. The van der Waals surface area contributed by atoms with Crippen LogP contribution in [0, 0.1) is 0 Å². The average Bonchev–Trinajstić information content (AvgIpc) is 2.34. The molecule has 56 valence electrons. The van der Waals surface area contributed by atoms with Gasteiger partial charge < -0.3 is 4.90 Å². The number of piperidine rings is 1. The highest BCUT2D eigenvalue weighted by atomic mass is 15.3. The predicted molar refractivity (Wildman–Crippen MR) is 42.3 cm³/mol. The van der Waals surface area contributed by atoms with Gasteiger partial charge in [0.15, 0.2) is 0 Å². The monoisotopic (exact) mass is 138 g/mol. The Morgan fingerprint density at radius 1 is 1.50 bits per heavy atom. The van der Waals surface area contributed by atoms with E-state index < -0.39 is 0 Å². The van der Waals surface area contributed by atoms with Gasteiger partial charge in [0, 0.05) is 12.6 Å². The van der Waals surface area contributed by atoms with Crippen LogP contribution in [0.15, 0.2) is 4.99 Å². The molecule has 0 aliphatic carbocycles. The smallest absolute Gasteiger partial charge is 0.0961 e. The summed E-state index contributed by atoms with van der Waals surface area (Å²) in [5.74, 6) is 1.27. The third kappa shape index (κ3) is 0.825. The summed E-state index contributed by atoms with van der Waals surface area (Å²) in [6.45, 7) is 4.44. The first-order chi connectivity index (χ1) is 4.88. The Bertz CT molecular complexity index is 163. The first-order valence-electron chi connectivity index (χ1n) is 4.15. The molecule has 1 fully saturated rings. The van der Waals surface area contributed by atoms with E-state index >= 15 is 0 Å². The Labute approximate surface area is 61.9 Å². The van der Waals surface area contributed by atoms with Gasteiger partial charge in [-0.25, -0.2) is 0 Å². The topological polar surface area (TPSA) is 15.6 Å². The molecule has 2 aliphatic rings. The summed E-state index contributed by atoms with van der Waals surface area (Å²) < 4.78 is 0. The Hall–Kier alpha value is -0.530. The molecule has 2 heterocycles. The number of hydrogen-bond donors (Lipinski definition) is 0. The third-order valence-electron chi connectivity index (χ3n) is 2.57. The van der Waals surface area contributed by atoms with E-state index in [-0.39, 0.29) is 0 Å². The van der Waals surface area contributed by atoms with Gasteiger partial charge in [-0.15, -0.1) is 0 Å². The van der Waals surface area contributed by atoms with Gasteiger partial charge in [-0.05, 0) is 26.2 Å². The molecule has 0 saturated carbocycles. The summed E-state index contributed by atoms with van der Waals surface area (Å²) >= 11 is 0. The molecule has 0 amide bonds. The van der Waals surface area contributed by atoms with Crippen LogP contribution in [0.3, 0.4) is 0 Å². The second-order valence-corrected chi connectivity index (χ2v) is 3.23. The van der Waals surface area contributed by atoms with E-state index in [1.165, 1.54) is 31.6 Å². The van der Waals surface area contributed by atoms with Crippen molar-refractivity contribution in [2.75, 3.05) is 13.1 Å². The number of rotatable bonds is 0. The lowest BCUT2D eigenvalue weighted by molar-refractivity contribution is 0.267. The van der Waals surface area contributed by atoms with Crippen molar-refractivity contribution >= 4 is 5.84 Å². The maximum absolute atomic E-state index is 4.42. The lowest BCUT2D eigenvalue weighted by Gasteiger charge is -2.31. The van der Waals surface area contributed by atoms with Crippen LogP contribution in [0.5, 0.6) is 0 Å². The zero-order valence-corrected chi connectivity index (χ0v) is 6.51. The van der Waals surface area contributed by atoms with Gasteiger partial charge in [-0.1, -0.05) is 0 Å². The number of hydrogen-bond acceptors (Lipinski definition) is 2. The van der Waals surface area contributed by atoms with Gasteiger partial charge in [0.1, 0.15) is 0 Å². The van der Waals surface area contributed by atoms with Crippen LogP contribution < -0.4 is 0 Å².